The third-order valence-electron chi connectivity index (χ3n) is 3.33. The molecule has 0 radical (unpaired) electrons. The van der Waals surface area contributed by atoms with Crippen LogP contribution in [0.1, 0.15) is 23.4 Å². The van der Waals surface area contributed by atoms with Crippen LogP contribution in [0.15, 0.2) is 33.2 Å². The topological polar surface area (TPSA) is 54.3 Å². The Kier molecular flexibility index (Phi) is 3.57. The van der Waals surface area contributed by atoms with Crippen LogP contribution >= 0.6 is 15.9 Å². The molecule has 1 amide bonds. The highest BCUT2D eigenvalue weighted by molar-refractivity contribution is 9.10. The molecule has 1 fully saturated rings. The van der Waals surface area contributed by atoms with Crippen molar-refractivity contribution in [3.05, 3.63) is 34.5 Å². The van der Waals surface area contributed by atoms with E-state index in [-0.39, 0.29) is 11.9 Å². The van der Waals surface area contributed by atoms with Crippen molar-refractivity contribution < 1.29 is 9.21 Å². The minimum atomic E-state index is -0.138. The van der Waals surface area contributed by atoms with Crippen molar-refractivity contribution in [3.8, 4) is 0 Å². The van der Waals surface area contributed by atoms with E-state index in [4.69, 9.17) is 4.42 Å². The molecule has 4 nitrogen and oxygen atoms in total. The molecule has 2 N–H and O–H groups in total. The molecular formula is C14H15BrN2O2. The van der Waals surface area contributed by atoms with Gasteiger partial charge in [0.2, 0.25) is 0 Å². The van der Waals surface area contributed by atoms with E-state index in [1.807, 2.05) is 18.2 Å². The maximum Gasteiger partial charge on any atom is 0.287 e. The summed E-state index contributed by atoms with van der Waals surface area (Å²) in [6, 6.07) is 7.68. The third-order valence-corrected chi connectivity index (χ3v) is 3.83. The van der Waals surface area contributed by atoms with E-state index in [9.17, 15) is 4.79 Å². The van der Waals surface area contributed by atoms with Gasteiger partial charge >= 0.3 is 0 Å². The van der Waals surface area contributed by atoms with Crippen LogP contribution in [-0.4, -0.2) is 25.0 Å². The van der Waals surface area contributed by atoms with Gasteiger partial charge in [0.05, 0.1) is 0 Å². The first-order valence-corrected chi connectivity index (χ1v) is 7.22. The molecule has 0 saturated carbocycles. The molecule has 0 bridgehead atoms. The van der Waals surface area contributed by atoms with E-state index in [1.54, 1.807) is 6.07 Å². The lowest BCUT2D eigenvalue weighted by atomic mass is 10.1. The number of carbonyl (C=O) groups is 1. The molecule has 1 aromatic carbocycles. The van der Waals surface area contributed by atoms with E-state index < -0.39 is 0 Å². The van der Waals surface area contributed by atoms with Gasteiger partial charge in [0.1, 0.15) is 5.58 Å². The lowest BCUT2D eigenvalue weighted by molar-refractivity contribution is 0.0905. The minimum Gasteiger partial charge on any atom is -0.451 e. The Balaban J connectivity index is 1.77. The van der Waals surface area contributed by atoms with Crippen molar-refractivity contribution in [2.75, 3.05) is 13.1 Å². The van der Waals surface area contributed by atoms with Gasteiger partial charge in [0, 0.05) is 22.4 Å². The molecule has 1 atom stereocenters. The highest BCUT2D eigenvalue weighted by Crippen LogP contribution is 2.23. The number of piperidine rings is 1. The first kappa shape index (κ1) is 12.7. The number of nitrogens with one attached hydrogen (secondary N) is 2. The summed E-state index contributed by atoms with van der Waals surface area (Å²) in [5.41, 5.74) is 0.732. The summed E-state index contributed by atoms with van der Waals surface area (Å²) in [4.78, 5) is 12.1. The number of carbonyl (C=O) groups excluding carboxylic acids is 1. The van der Waals surface area contributed by atoms with Crippen molar-refractivity contribution in [3.63, 3.8) is 0 Å². The smallest absolute Gasteiger partial charge is 0.287 e. The van der Waals surface area contributed by atoms with Crippen LogP contribution in [-0.2, 0) is 0 Å². The van der Waals surface area contributed by atoms with Crippen molar-refractivity contribution in [2.45, 2.75) is 18.9 Å². The molecule has 3 rings (SSSR count). The number of rotatable bonds is 2. The summed E-state index contributed by atoms with van der Waals surface area (Å²) < 4.78 is 6.55. The van der Waals surface area contributed by atoms with Crippen molar-refractivity contribution in [2.24, 2.45) is 0 Å². The summed E-state index contributed by atoms with van der Waals surface area (Å²) in [7, 11) is 0. The van der Waals surface area contributed by atoms with E-state index in [2.05, 4.69) is 26.6 Å². The molecule has 1 aromatic heterocycles. The molecule has 2 heterocycles. The van der Waals surface area contributed by atoms with Crippen LogP contribution in [0.4, 0.5) is 0 Å². The third kappa shape index (κ3) is 2.82. The summed E-state index contributed by atoms with van der Waals surface area (Å²) in [6.45, 7) is 1.86. The predicted octanol–water partition coefficient (Wildman–Crippen LogP) is 2.68. The summed E-state index contributed by atoms with van der Waals surface area (Å²) >= 11 is 3.41. The van der Waals surface area contributed by atoms with Crippen molar-refractivity contribution >= 4 is 32.8 Å². The van der Waals surface area contributed by atoms with Crippen LogP contribution in [0.2, 0.25) is 0 Å². The highest BCUT2D eigenvalue weighted by atomic mass is 79.9. The number of hydrogen-bond acceptors (Lipinski definition) is 3. The molecule has 0 aliphatic carbocycles. The van der Waals surface area contributed by atoms with E-state index in [1.165, 1.54) is 0 Å². The molecule has 0 spiro atoms. The lowest BCUT2D eigenvalue weighted by Gasteiger charge is -2.23. The van der Waals surface area contributed by atoms with Gasteiger partial charge < -0.3 is 15.1 Å². The maximum atomic E-state index is 12.1. The molecule has 19 heavy (non-hydrogen) atoms. The zero-order valence-electron chi connectivity index (χ0n) is 10.4. The first-order valence-electron chi connectivity index (χ1n) is 6.43. The average Bonchev–Trinajstić information content (AvgIpc) is 2.83. The second-order valence-electron chi connectivity index (χ2n) is 4.81. The van der Waals surface area contributed by atoms with Gasteiger partial charge in [-0.1, -0.05) is 15.9 Å². The number of amides is 1. The van der Waals surface area contributed by atoms with E-state index in [0.29, 0.717) is 5.76 Å². The summed E-state index contributed by atoms with van der Waals surface area (Å²) in [6.07, 6.45) is 2.11. The van der Waals surface area contributed by atoms with Gasteiger partial charge in [-0.3, -0.25) is 4.79 Å². The maximum absolute atomic E-state index is 12.1. The second kappa shape index (κ2) is 5.35. The van der Waals surface area contributed by atoms with Gasteiger partial charge in [0.25, 0.3) is 5.91 Å². The van der Waals surface area contributed by atoms with Crippen molar-refractivity contribution in [1.82, 2.24) is 10.6 Å². The Hall–Kier alpha value is -1.33. The quantitative estimate of drug-likeness (QED) is 0.893. The SMILES string of the molecule is O=C(NC1CCCNC1)c1cc2cc(Br)ccc2o1. The second-order valence-corrected chi connectivity index (χ2v) is 5.73. The van der Waals surface area contributed by atoms with Crippen LogP contribution in [0.3, 0.4) is 0 Å². The molecule has 1 unspecified atom stereocenters. The molecule has 1 aliphatic heterocycles. The molecular weight excluding hydrogens is 308 g/mol. The Labute approximate surface area is 119 Å². The standard InChI is InChI=1S/C14H15BrN2O2/c15-10-3-4-12-9(6-10)7-13(19-12)14(18)17-11-2-1-5-16-8-11/h3-4,6-7,11,16H,1-2,5,8H2,(H,17,18). The van der Waals surface area contributed by atoms with Crippen LogP contribution in [0.25, 0.3) is 11.0 Å². The molecule has 5 heteroatoms. The Morgan fingerprint density at radius 1 is 1.42 bits per heavy atom. The van der Waals surface area contributed by atoms with Gasteiger partial charge in [0.15, 0.2) is 5.76 Å². The Morgan fingerprint density at radius 2 is 2.32 bits per heavy atom. The number of fused-ring (bicyclic) bond motifs is 1. The monoisotopic (exact) mass is 322 g/mol. The van der Waals surface area contributed by atoms with Gasteiger partial charge in [-0.2, -0.15) is 0 Å². The number of benzene rings is 1. The van der Waals surface area contributed by atoms with E-state index in [0.717, 1.165) is 41.4 Å². The Morgan fingerprint density at radius 3 is 3.11 bits per heavy atom. The van der Waals surface area contributed by atoms with Gasteiger partial charge in [-0.15, -0.1) is 0 Å². The van der Waals surface area contributed by atoms with E-state index >= 15 is 0 Å². The summed E-state index contributed by atoms with van der Waals surface area (Å²) in [5.74, 6) is 0.236. The fourth-order valence-corrected chi connectivity index (χ4v) is 2.74. The van der Waals surface area contributed by atoms with Gasteiger partial charge in [-0.05, 0) is 43.7 Å². The number of furan rings is 1. The summed E-state index contributed by atoms with van der Waals surface area (Å²) in [5, 5.41) is 7.21. The zero-order valence-corrected chi connectivity index (χ0v) is 12.0. The van der Waals surface area contributed by atoms with Crippen molar-refractivity contribution in [1.29, 1.82) is 0 Å². The largest absolute Gasteiger partial charge is 0.451 e. The van der Waals surface area contributed by atoms with Crippen LogP contribution in [0.5, 0.6) is 0 Å². The average molecular weight is 323 g/mol. The lowest BCUT2D eigenvalue weighted by Crippen LogP contribution is -2.45. The van der Waals surface area contributed by atoms with Crippen LogP contribution < -0.4 is 10.6 Å². The Bertz CT molecular complexity index is 603. The fourth-order valence-electron chi connectivity index (χ4n) is 2.36. The minimum absolute atomic E-state index is 0.138. The fraction of sp³-hybridized carbons (Fsp3) is 0.357. The molecule has 2 aromatic rings. The number of hydrogen-bond donors (Lipinski definition) is 2. The zero-order chi connectivity index (χ0) is 13.2. The molecule has 1 saturated heterocycles. The molecule has 100 valence electrons. The normalized spacial score (nSPS) is 19.5. The van der Waals surface area contributed by atoms with Crippen LogP contribution in [0, 0.1) is 0 Å². The molecule has 1 aliphatic rings. The number of halogens is 1. The highest BCUT2D eigenvalue weighted by Gasteiger charge is 2.18. The van der Waals surface area contributed by atoms with Gasteiger partial charge in [-0.25, -0.2) is 0 Å². The first-order chi connectivity index (χ1) is 9.22. The predicted molar refractivity (Wildman–Crippen MR) is 77.3 cm³/mol.